The van der Waals surface area contributed by atoms with Crippen molar-refractivity contribution in [1.29, 1.82) is 0 Å². The van der Waals surface area contributed by atoms with Crippen LogP contribution in [-0.2, 0) is 16.0 Å². The summed E-state index contributed by atoms with van der Waals surface area (Å²) in [6.45, 7) is 0. The van der Waals surface area contributed by atoms with Gasteiger partial charge in [-0.15, -0.1) is 0 Å². The lowest BCUT2D eigenvalue weighted by atomic mass is 10.1. The summed E-state index contributed by atoms with van der Waals surface area (Å²) < 4.78 is 4.46. The van der Waals surface area contributed by atoms with Crippen LogP contribution in [0.2, 0.25) is 0 Å². The number of esters is 1. The second-order valence-corrected chi connectivity index (χ2v) is 3.18. The molecule has 6 nitrogen and oxygen atoms in total. The quantitative estimate of drug-likeness (QED) is 0.359. The Morgan fingerprint density at radius 3 is 2.81 bits per heavy atom. The maximum Gasteiger partial charge on any atom is 0.305 e. The number of hydrogen-bond acceptors (Lipinski definition) is 5. The summed E-state index contributed by atoms with van der Waals surface area (Å²) in [6.07, 6.45) is 0.279. The standard InChI is InChI=1S/C10H12N2O4/c1-16-10(13)6-5-7-8(11)3-2-4-9(7)12(14)15/h2-4H,5-6,11H2,1H3. The summed E-state index contributed by atoms with van der Waals surface area (Å²) in [5.74, 6) is -0.419. The summed E-state index contributed by atoms with van der Waals surface area (Å²) >= 11 is 0. The van der Waals surface area contributed by atoms with Crippen molar-refractivity contribution >= 4 is 17.3 Å². The van der Waals surface area contributed by atoms with Crippen molar-refractivity contribution in [3.8, 4) is 0 Å². The Hall–Kier alpha value is -2.11. The Morgan fingerprint density at radius 1 is 1.56 bits per heavy atom. The first-order valence-corrected chi connectivity index (χ1v) is 4.65. The zero-order valence-electron chi connectivity index (χ0n) is 8.80. The molecule has 0 saturated heterocycles. The molecule has 1 aromatic carbocycles. The lowest BCUT2D eigenvalue weighted by Crippen LogP contribution is -2.06. The number of carbonyl (C=O) groups excluding carboxylic acids is 1. The highest BCUT2D eigenvalue weighted by Gasteiger charge is 2.16. The van der Waals surface area contributed by atoms with Crippen LogP contribution >= 0.6 is 0 Å². The van der Waals surface area contributed by atoms with Crippen molar-refractivity contribution in [3.63, 3.8) is 0 Å². The van der Waals surface area contributed by atoms with Crippen LogP contribution in [-0.4, -0.2) is 18.0 Å². The second-order valence-electron chi connectivity index (χ2n) is 3.18. The fourth-order valence-electron chi connectivity index (χ4n) is 1.36. The van der Waals surface area contributed by atoms with E-state index in [0.29, 0.717) is 11.3 Å². The number of nitrogen functional groups attached to an aromatic ring is 1. The molecule has 0 fully saturated rings. The van der Waals surface area contributed by atoms with Crippen LogP contribution in [0.4, 0.5) is 11.4 Å². The van der Waals surface area contributed by atoms with Crippen LogP contribution < -0.4 is 5.73 Å². The average Bonchev–Trinajstić information content (AvgIpc) is 2.26. The summed E-state index contributed by atoms with van der Waals surface area (Å²) in [5, 5.41) is 10.7. The minimum atomic E-state index is -0.511. The van der Waals surface area contributed by atoms with Crippen LogP contribution in [0, 0.1) is 10.1 Å². The molecule has 0 aromatic heterocycles. The third-order valence-corrected chi connectivity index (χ3v) is 2.19. The number of hydrogen-bond donors (Lipinski definition) is 1. The molecule has 0 atom stereocenters. The van der Waals surface area contributed by atoms with E-state index in [1.807, 2.05) is 0 Å². The van der Waals surface area contributed by atoms with Crippen molar-refractivity contribution in [2.75, 3.05) is 12.8 Å². The Labute approximate surface area is 92.2 Å². The van der Waals surface area contributed by atoms with E-state index in [9.17, 15) is 14.9 Å². The second kappa shape index (κ2) is 5.11. The molecule has 0 spiro atoms. The number of nitro groups is 1. The van der Waals surface area contributed by atoms with Crippen molar-refractivity contribution in [2.24, 2.45) is 0 Å². The van der Waals surface area contributed by atoms with Gasteiger partial charge in [-0.25, -0.2) is 0 Å². The summed E-state index contributed by atoms with van der Waals surface area (Å²) in [5.41, 5.74) is 6.26. The van der Waals surface area contributed by atoms with Gasteiger partial charge in [0.1, 0.15) is 0 Å². The zero-order valence-corrected chi connectivity index (χ0v) is 8.80. The first kappa shape index (κ1) is 12.0. The molecule has 1 aromatic rings. The third-order valence-electron chi connectivity index (χ3n) is 2.19. The van der Waals surface area contributed by atoms with E-state index in [0.717, 1.165) is 0 Å². The number of benzene rings is 1. The minimum Gasteiger partial charge on any atom is -0.469 e. The topological polar surface area (TPSA) is 95.5 Å². The molecule has 0 unspecified atom stereocenters. The Morgan fingerprint density at radius 2 is 2.25 bits per heavy atom. The van der Waals surface area contributed by atoms with Crippen molar-refractivity contribution in [3.05, 3.63) is 33.9 Å². The fourth-order valence-corrected chi connectivity index (χ4v) is 1.36. The molecular weight excluding hydrogens is 212 g/mol. The van der Waals surface area contributed by atoms with Gasteiger partial charge in [0.05, 0.1) is 17.6 Å². The summed E-state index contributed by atoms with van der Waals surface area (Å²) in [7, 11) is 1.27. The molecule has 0 heterocycles. The monoisotopic (exact) mass is 224 g/mol. The molecule has 0 amide bonds. The fraction of sp³-hybridized carbons (Fsp3) is 0.300. The van der Waals surface area contributed by atoms with Crippen LogP contribution in [0.25, 0.3) is 0 Å². The highest BCUT2D eigenvalue weighted by Crippen LogP contribution is 2.25. The van der Waals surface area contributed by atoms with E-state index in [2.05, 4.69) is 4.74 Å². The van der Waals surface area contributed by atoms with Crippen molar-refractivity contribution in [1.82, 2.24) is 0 Å². The average molecular weight is 224 g/mol. The van der Waals surface area contributed by atoms with E-state index < -0.39 is 10.9 Å². The Kier molecular flexibility index (Phi) is 3.82. The molecule has 6 heteroatoms. The lowest BCUT2D eigenvalue weighted by Gasteiger charge is -2.05. The lowest BCUT2D eigenvalue weighted by molar-refractivity contribution is -0.385. The molecule has 2 N–H and O–H groups in total. The van der Waals surface area contributed by atoms with Gasteiger partial charge in [0.2, 0.25) is 0 Å². The molecule has 0 aliphatic heterocycles. The van der Waals surface area contributed by atoms with Gasteiger partial charge in [0, 0.05) is 18.2 Å². The number of nitrogens with zero attached hydrogens (tertiary/aromatic N) is 1. The van der Waals surface area contributed by atoms with E-state index in [4.69, 9.17) is 5.73 Å². The Balaban J connectivity index is 2.93. The Bertz CT molecular complexity index is 417. The van der Waals surface area contributed by atoms with Gasteiger partial charge in [-0.2, -0.15) is 0 Å². The van der Waals surface area contributed by atoms with Crippen molar-refractivity contribution in [2.45, 2.75) is 12.8 Å². The first-order chi connectivity index (χ1) is 7.56. The highest BCUT2D eigenvalue weighted by atomic mass is 16.6. The van der Waals surface area contributed by atoms with Gasteiger partial charge < -0.3 is 10.5 Å². The molecule has 0 aliphatic rings. The number of anilines is 1. The van der Waals surface area contributed by atoms with E-state index in [1.54, 1.807) is 6.07 Å². The normalized spacial score (nSPS) is 9.81. The number of ether oxygens (including phenoxy) is 1. The number of methoxy groups -OCH3 is 1. The number of carbonyl (C=O) groups is 1. The molecular formula is C10H12N2O4. The molecule has 86 valence electrons. The van der Waals surface area contributed by atoms with Crippen LogP contribution in [0.1, 0.15) is 12.0 Å². The van der Waals surface area contributed by atoms with Crippen LogP contribution in [0.5, 0.6) is 0 Å². The molecule has 0 aliphatic carbocycles. The highest BCUT2D eigenvalue weighted by molar-refractivity contribution is 5.70. The predicted octanol–water partition coefficient (Wildman–Crippen LogP) is 1.28. The smallest absolute Gasteiger partial charge is 0.305 e. The third kappa shape index (κ3) is 2.69. The van der Waals surface area contributed by atoms with Gasteiger partial charge in [-0.05, 0) is 12.5 Å². The largest absolute Gasteiger partial charge is 0.469 e. The maximum absolute atomic E-state index is 10.9. The van der Waals surface area contributed by atoms with E-state index >= 15 is 0 Å². The SMILES string of the molecule is COC(=O)CCc1c(N)cccc1[N+](=O)[O-]. The van der Waals surface area contributed by atoms with E-state index in [1.165, 1.54) is 19.2 Å². The van der Waals surface area contributed by atoms with Gasteiger partial charge in [0.25, 0.3) is 5.69 Å². The minimum absolute atomic E-state index is 0.0658. The van der Waals surface area contributed by atoms with Crippen molar-refractivity contribution < 1.29 is 14.5 Å². The number of nitrogens with two attached hydrogens (primary N) is 1. The maximum atomic E-state index is 10.9. The first-order valence-electron chi connectivity index (χ1n) is 4.65. The zero-order chi connectivity index (χ0) is 12.1. The van der Waals surface area contributed by atoms with Gasteiger partial charge in [0.15, 0.2) is 0 Å². The molecule has 0 saturated carbocycles. The molecule has 0 bridgehead atoms. The summed E-state index contributed by atoms with van der Waals surface area (Å²) in [6, 6.07) is 4.44. The van der Waals surface area contributed by atoms with Gasteiger partial charge in [-0.3, -0.25) is 14.9 Å². The summed E-state index contributed by atoms with van der Waals surface area (Å²) in [4.78, 5) is 21.2. The van der Waals surface area contributed by atoms with Gasteiger partial charge in [-0.1, -0.05) is 6.07 Å². The predicted molar refractivity (Wildman–Crippen MR) is 57.8 cm³/mol. The number of nitro benzene ring substituents is 1. The van der Waals surface area contributed by atoms with Gasteiger partial charge >= 0.3 is 5.97 Å². The number of rotatable bonds is 4. The van der Waals surface area contributed by atoms with Crippen LogP contribution in [0.3, 0.4) is 0 Å². The molecule has 1 rings (SSSR count). The molecule has 16 heavy (non-hydrogen) atoms. The van der Waals surface area contributed by atoms with E-state index in [-0.39, 0.29) is 18.5 Å². The van der Waals surface area contributed by atoms with Crippen LogP contribution in [0.15, 0.2) is 18.2 Å². The molecule has 0 radical (unpaired) electrons.